The molecule has 0 spiro atoms. The standard InChI is InChI=1S/C13H23N3OS/c1-9-11(18-10(2)16-9)6-7-14-12(17)15-8-13(3,4)5/h6-8H2,1-5H3,(H2,14,15,17). The van der Waals surface area contributed by atoms with E-state index in [-0.39, 0.29) is 11.4 Å². The minimum absolute atomic E-state index is 0.0937. The molecule has 5 heteroatoms. The maximum atomic E-state index is 11.5. The third kappa shape index (κ3) is 5.49. The number of urea groups is 1. The van der Waals surface area contributed by atoms with Crippen LogP contribution in [-0.4, -0.2) is 24.1 Å². The highest BCUT2D eigenvalue weighted by Gasteiger charge is 2.11. The molecule has 0 unspecified atom stereocenters. The van der Waals surface area contributed by atoms with Gasteiger partial charge in [-0.1, -0.05) is 20.8 Å². The molecule has 0 atom stereocenters. The number of amides is 2. The summed E-state index contributed by atoms with van der Waals surface area (Å²) in [4.78, 5) is 17.2. The van der Waals surface area contributed by atoms with E-state index in [0.29, 0.717) is 13.1 Å². The number of nitrogens with zero attached hydrogens (tertiary/aromatic N) is 1. The molecule has 0 radical (unpaired) electrons. The Hall–Kier alpha value is -1.10. The van der Waals surface area contributed by atoms with Gasteiger partial charge in [0, 0.05) is 24.4 Å². The van der Waals surface area contributed by atoms with Crippen LogP contribution in [0.3, 0.4) is 0 Å². The molecule has 0 aliphatic heterocycles. The SMILES string of the molecule is Cc1nc(C)c(CCNC(=O)NCC(C)(C)C)s1. The average Bonchev–Trinajstić information content (AvgIpc) is 2.54. The highest BCUT2D eigenvalue weighted by Crippen LogP contribution is 2.17. The second kappa shape index (κ2) is 6.18. The summed E-state index contributed by atoms with van der Waals surface area (Å²) in [5.41, 5.74) is 1.19. The quantitative estimate of drug-likeness (QED) is 0.883. The zero-order valence-electron chi connectivity index (χ0n) is 11.9. The van der Waals surface area contributed by atoms with Gasteiger partial charge >= 0.3 is 6.03 Å². The number of carbonyl (C=O) groups excluding carboxylic acids is 1. The molecule has 0 saturated carbocycles. The molecule has 4 nitrogen and oxygen atoms in total. The van der Waals surface area contributed by atoms with Crippen LogP contribution < -0.4 is 10.6 Å². The predicted octanol–water partition coefficient (Wildman–Crippen LogP) is 2.65. The second-order valence-corrected chi connectivity index (χ2v) is 6.95. The molecule has 0 saturated heterocycles. The normalized spacial score (nSPS) is 11.4. The first-order valence-corrected chi connectivity index (χ1v) is 7.04. The van der Waals surface area contributed by atoms with Crippen LogP contribution in [0.15, 0.2) is 0 Å². The minimum Gasteiger partial charge on any atom is -0.338 e. The summed E-state index contributed by atoms with van der Waals surface area (Å²) in [6, 6.07) is -0.0937. The number of thiazole rings is 1. The second-order valence-electron chi connectivity index (χ2n) is 5.66. The van der Waals surface area contributed by atoms with Crippen molar-refractivity contribution in [1.29, 1.82) is 0 Å². The Morgan fingerprint density at radius 1 is 1.28 bits per heavy atom. The van der Waals surface area contributed by atoms with Gasteiger partial charge in [0.25, 0.3) is 0 Å². The molecule has 0 aliphatic rings. The van der Waals surface area contributed by atoms with E-state index < -0.39 is 0 Å². The maximum absolute atomic E-state index is 11.5. The molecule has 102 valence electrons. The molecular formula is C13H23N3OS. The first-order chi connectivity index (χ1) is 8.28. The lowest BCUT2D eigenvalue weighted by Crippen LogP contribution is -2.40. The summed E-state index contributed by atoms with van der Waals surface area (Å²) in [5.74, 6) is 0. The summed E-state index contributed by atoms with van der Waals surface area (Å²) in [7, 11) is 0. The van der Waals surface area contributed by atoms with E-state index in [0.717, 1.165) is 17.1 Å². The fourth-order valence-electron chi connectivity index (χ4n) is 1.50. The molecule has 2 N–H and O–H groups in total. The van der Waals surface area contributed by atoms with Crippen molar-refractivity contribution in [3.05, 3.63) is 15.6 Å². The Morgan fingerprint density at radius 3 is 2.44 bits per heavy atom. The van der Waals surface area contributed by atoms with Crippen LogP contribution in [0.1, 0.15) is 36.3 Å². The van der Waals surface area contributed by atoms with Gasteiger partial charge in [-0.05, 0) is 19.3 Å². The van der Waals surface area contributed by atoms with Crippen LogP contribution >= 0.6 is 11.3 Å². The first kappa shape index (κ1) is 15.0. The van der Waals surface area contributed by atoms with E-state index in [9.17, 15) is 4.79 Å². The minimum atomic E-state index is -0.0937. The number of carbonyl (C=O) groups is 1. The summed E-state index contributed by atoms with van der Waals surface area (Å²) < 4.78 is 0. The van der Waals surface area contributed by atoms with E-state index in [1.807, 2.05) is 13.8 Å². The van der Waals surface area contributed by atoms with Gasteiger partial charge in [-0.25, -0.2) is 9.78 Å². The Labute approximate surface area is 113 Å². The van der Waals surface area contributed by atoms with Gasteiger partial charge < -0.3 is 10.6 Å². The molecule has 0 bridgehead atoms. The van der Waals surface area contributed by atoms with Crippen LogP contribution in [-0.2, 0) is 6.42 Å². The van der Waals surface area contributed by atoms with Crippen LogP contribution in [0.4, 0.5) is 4.79 Å². The summed E-state index contributed by atoms with van der Waals surface area (Å²) in [6.07, 6.45) is 0.847. The lowest BCUT2D eigenvalue weighted by molar-refractivity contribution is 0.235. The van der Waals surface area contributed by atoms with E-state index in [4.69, 9.17) is 0 Å². The molecule has 0 fully saturated rings. The van der Waals surface area contributed by atoms with Gasteiger partial charge in [-0.15, -0.1) is 11.3 Å². The Balaban J connectivity index is 2.26. The summed E-state index contributed by atoms with van der Waals surface area (Å²) in [5, 5.41) is 6.82. The molecule has 1 aromatic heterocycles. The number of hydrogen-bond acceptors (Lipinski definition) is 3. The van der Waals surface area contributed by atoms with Gasteiger partial charge in [0.1, 0.15) is 0 Å². The lowest BCUT2D eigenvalue weighted by Gasteiger charge is -2.18. The smallest absolute Gasteiger partial charge is 0.314 e. The van der Waals surface area contributed by atoms with E-state index in [2.05, 4.69) is 36.4 Å². The van der Waals surface area contributed by atoms with Crippen molar-refractivity contribution in [3.63, 3.8) is 0 Å². The molecule has 1 heterocycles. The van der Waals surface area contributed by atoms with Crippen LogP contribution in [0.25, 0.3) is 0 Å². The number of hydrogen-bond donors (Lipinski definition) is 2. The molecular weight excluding hydrogens is 246 g/mol. The van der Waals surface area contributed by atoms with Crippen LogP contribution in [0, 0.1) is 19.3 Å². The van der Waals surface area contributed by atoms with Gasteiger partial charge in [0.05, 0.1) is 10.7 Å². The van der Waals surface area contributed by atoms with Crippen molar-refractivity contribution in [2.24, 2.45) is 5.41 Å². The van der Waals surface area contributed by atoms with Crippen molar-refractivity contribution < 1.29 is 4.79 Å². The number of nitrogens with one attached hydrogen (secondary N) is 2. The van der Waals surface area contributed by atoms with E-state index >= 15 is 0 Å². The fourth-order valence-corrected chi connectivity index (χ4v) is 2.44. The Bertz CT molecular complexity index is 407. The molecule has 2 amide bonds. The van der Waals surface area contributed by atoms with Crippen LogP contribution in [0.5, 0.6) is 0 Å². The molecule has 18 heavy (non-hydrogen) atoms. The zero-order valence-corrected chi connectivity index (χ0v) is 12.7. The molecule has 1 aromatic rings. The third-order valence-electron chi connectivity index (χ3n) is 2.42. The number of aromatic nitrogens is 1. The largest absolute Gasteiger partial charge is 0.338 e. The van der Waals surface area contributed by atoms with Gasteiger partial charge in [0.2, 0.25) is 0 Å². The summed E-state index contributed by atoms with van der Waals surface area (Å²) in [6.45, 7) is 11.6. The van der Waals surface area contributed by atoms with Crippen LogP contribution in [0.2, 0.25) is 0 Å². The molecule has 1 rings (SSSR count). The van der Waals surface area contributed by atoms with Crippen molar-refractivity contribution in [3.8, 4) is 0 Å². The Kier molecular flexibility index (Phi) is 5.14. The third-order valence-corrected chi connectivity index (χ3v) is 3.55. The lowest BCUT2D eigenvalue weighted by atomic mass is 9.97. The van der Waals surface area contributed by atoms with Gasteiger partial charge in [0.15, 0.2) is 0 Å². The van der Waals surface area contributed by atoms with Crippen molar-refractivity contribution >= 4 is 17.4 Å². The molecule has 0 aliphatic carbocycles. The highest BCUT2D eigenvalue weighted by atomic mass is 32.1. The predicted molar refractivity (Wildman–Crippen MR) is 76.1 cm³/mol. The highest BCUT2D eigenvalue weighted by molar-refractivity contribution is 7.11. The van der Waals surface area contributed by atoms with Crippen molar-refractivity contribution in [2.45, 2.75) is 41.0 Å². The first-order valence-electron chi connectivity index (χ1n) is 6.22. The maximum Gasteiger partial charge on any atom is 0.314 e. The number of rotatable bonds is 4. The van der Waals surface area contributed by atoms with E-state index in [1.165, 1.54) is 4.88 Å². The molecule has 0 aromatic carbocycles. The average molecular weight is 269 g/mol. The topological polar surface area (TPSA) is 54.0 Å². The van der Waals surface area contributed by atoms with Crippen molar-refractivity contribution in [1.82, 2.24) is 15.6 Å². The van der Waals surface area contributed by atoms with Crippen molar-refractivity contribution in [2.75, 3.05) is 13.1 Å². The van der Waals surface area contributed by atoms with Gasteiger partial charge in [-0.2, -0.15) is 0 Å². The van der Waals surface area contributed by atoms with Gasteiger partial charge in [-0.3, -0.25) is 0 Å². The summed E-state index contributed by atoms with van der Waals surface area (Å²) >= 11 is 1.70. The Morgan fingerprint density at radius 2 is 1.94 bits per heavy atom. The fraction of sp³-hybridized carbons (Fsp3) is 0.692. The zero-order chi connectivity index (χ0) is 13.8. The monoisotopic (exact) mass is 269 g/mol. The van der Waals surface area contributed by atoms with E-state index in [1.54, 1.807) is 11.3 Å². The number of aryl methyl sites for hydroxylation is 2.